The molecule has 8 nitrogen and oxygen atoms in total. The highest BCUT2D eigenvalue weighted by Crippen LogP contribution is 2.24. The molecule has 1 atom stereocenters. The van der Waals surface area contributed by atoms with Crippen LogP contribution in [-0.4, -0.2) is 49.3 Å². The lowest BCUT2D eigenvalue weighted by atomic mass is 10.1. The molecule has 0 saturated carbocycles. The van der Waals surface area contributed by atoms with E-state index < -0.39 is 33.8 Å². The number of benzene rings is 1. The molecule has 2 N–H and O–H groups in total. The number of rotatable bonds is 4. The van der Waals surface area contributed by atoms with Gasteiger partial charge in [0.2, 0.25) is 10.0 Å². The molecule has 2 amide bonds. The number of carbonyl (C=O) groups is 3. The van der Waals surface area contributed by atoms with E-state index in [1.54, 1.807) is 0 Å². The van der Waals surface area contributed by atoms with Crippen LogP contribution in [0.1, 0.15) is 27.6 Å². The molecule has 0 aliphatic carbocycles. The fraction of sp³-hybridized carbons (Fsp3) is 0.250. The van der Waals surface area contributed by atoms with Crippen molar-refractivity contribution < 1.29 is 27.9 Å². The lowest BCUT2D eigenvalue weighted by Crippen LogP contribution is -2.38. The number of carboxylic acids is 1. The van der Waals surface area contributed by atoms with Crippen molar-refractivity contribution in [1.29, 1.82) is 0 Å². The second kappa shape index (κ2) is 4.93. The van der Waals surface area contributed by atoms with E-state index in [2.05, 4.69) is 0 Å². The summed E-state index contributed by atoms with van der Waals surface area (Å²) in [4.78, 5) is 34.8. The Bertz CT molecular complexity index is 755. The molecular formula is C12H12N2O6S. The minimum Gasteiger partial charge on any atom is -0.480 e. The number of nitrogens with zero attached hydrogens (tertiary/aromatic N) is 1. The van der Waals surface area contributed by atoms with Gasteiger partial charge < -0.3 is 5.11 Å². The molecule has 0 spiro atoms. The summed E-state index contributed by atoms with van der Waals surface area (Å²) in [6.45, 7) is 1.18. The maximum absolute atomic E-state index is 12.0. The largest absolute Gasteiger partial charge is 0.480 e. The van der Waals surface area contributed by atoms with Crippen LogP contribution in [0.15, 0.2) is 23.1 Å². The summed E-state index contributed by atoms with van der Waals surface area (Å²) in [6, 6.07) is 2.14. The Balaban J connectivity index is 2.42. The Morgan fingerprint density at radius 1 is 1.24 bits per heavy atom. The third kappa shape index (κ3) is 2.52. The number of fused-ring (bicyclic) bond motifs is 1. The molecule has 0 fully saturated rings. The molecule has 1 unspecified atom stereocenters. The van der Waals surface area contributed by atoms with E-state index in [0.717, 1.165) is 17.0 Å². The van der Waals surface area contributed by atoms with Crippen LogP contribution in [-0.2, 0) is 14.8 Å². The Morgan fingerprint density at radius 3 is 2.38 bits per heavy atom. The van der Waals surface area contributed by atoms with E-state index in [0.29, 0.717) is 0 Å². The monoisotopic (exact) mass is 312 g/mol. The number of imide groups is 1. The van der Waals surface area contributed by atoms with Gasteiger partial charge in [0, 0.05) is 7.05 Å². The summed E-state index contributed by atoms with van der Waals surface area (Å²) in [5, 5.41) is 8.73. The van der Waals surface area contributed by atoms with E-state index in [1.165, 1.54) is 20.0 Å². The molecule has 0 saturated heterocycles. The van der Waals surface area contributed by atoms with Crippen LogP contribution in [0.3, 0.4) is 0 Å². The molecule has 9 heteroatoms. The van der Waals surface area contributed by atoms with Gasteiger partial charge in [0.1, 0.15) is 6.04 Å². The molecule has 0 bridgehead atoms. The number of aliphatic carboxylic acids is 1. The van der Waals surface area contributed by atoms with E-state index in [4.69, 9.17) is 5.11 Å². The number of hydrogen-bond donors (Lipinski definition) is 2. The molecule has 112 valence electrons. The highest BCUT2D eigenvalue weighted by molar-refractivity contribution is 7.89. The van der Waals surface area contributed by atoms with Crippen LogP contribution in [0, 0.1) is 0 Å². The Morgan fingerprint density at radius 2 is 1.81 bits per heavy atom. The topological polar surface area (TPSA) is 121 Å². The van der Waals surface area contributed by atoms with Gasteiger partial charge in [-0.2, -0.15) is 4.72 Å². The summed E-state index contributed by atoms with van der Waals surface area (Å²) in [5.41, 5.74) is 0.0982. The van der Waals surface area contributed by atoms with Crippen molar-refractivity contribution in [2.75, 3.05) is 7.05 Å². The first-order chi connectivity index (χ1) is 9.65. The van der Waals surface area contributed by atoms with Crippen molar-refractivity contribution in [3.05, 3.63) is 29.3 Å². The van der Waals surface area contributed by atoms with Gasteiger partial charge in [0.25, 0.3) is 11.8 Å². The van der Waals surface area contributed by atoms with Crippen molar-refractivity contribution in [1.82, 2.24) is 9.62 Å². The minimum atomic E-state index is -4.10. The molecule has 0 radical (unpaired) electrons. The van der Waals surface area contributed by atoms with Gasteiger partial charge in [-0.05, 0) is 25.1 Å². The second-order valence-corrected chi connectivity index (χ2v) is 6.27. The van der Waals surface area contributed by atoms with Crippen LogP contribution in [0.25, 0.3) is 0 Å². The smallest absolute Gasteiger partial charge is 0.321 e. The summed E-state index contributed by atoms with van der Waals surface area (Å²) >= 11 is 0. The molecular weight excluding hydrogens is 300 g/mol. The second-order valence-electron chi connectivity index (χ2n) is 4.56. The number of carboxylic acid groups (broad SMARTS) is 1. The van der Waals surface area contributed by atoms with Crippen molar-refractivity contribution in [2.45, 2.75) is 17.9 Å². The predicted octanol–water partition coefficient (Wildman–Crippen LogP) is -0.336. The van der Waals surface area contributed by atoms with Crippen LogP contribution < -0.4 is 4.72 Å². The quantitative estimate of drug-likeness (QED) is 0.734. The summed E-state index contributed by atoms with van der Waals surface area (Å²) in [7, 11) is -2.80. The third-order valence-electron chi connectivity index (χ3n) is 3.07. The first-order valence-electron chi connectivity index (χ1n) is 5.86. The maximum Gasteiger partial charge on any atom is 0.321 e. The van der Waals surface area contributed by atoms with Gasteiger partial charge in [-0.15, -0.1) is 0 Å². The van der Waals surface area contributed by atoms with Crippen LogP contribution in [0.5, 0.6) is 0 Å². The molecule has 21 heavy (non-hydrogen) atoms. The summed E-state index contributed by atoms with van der Waals surface area (Å²) in [6.07, 6.45) is 0. The number of hydrogen-bond acceptors (Lipinski definition) is 5. The average molecular weight is 312 g/mol. The van der Waals surface area contributed by atoms with Crippen LogP contribution >= 0.6 is 0 Å². The van der Waals surface area contributed by atoms with Crippen molar-refractivity contribution in [3.63, 3.8) is 0 Å². The predicted molar refractivity (Wildman–Crippen MR) is 70.3 cm³/mol. The van der Waals surface area contributed by atoms with Gasteiger partial charge >= 0.3 is 5.97 Å². The van der Waals surface area contributed by atoms with Gasteiger partial charge in [-0.25, -0.2) is 8.42 Å². The Hall–Kier alpha value is -2.26. The zero-order chi connectivity index (χ0) is 15.9. The number of amides is 2. The molecule has 1 heterocycles. The SMILES string of the molecule is CC(NS(=O)(=O)c1ccc2c(c1)C(=O)N(C)C2=O)C(=O)O. The molecule has 1 aromatic carbocycles. The van der Waals surface area contributed by atoms with E-state index in [1.807, 2.05) is 4.72 Å². The van der Waals surface area contributed by atoms with Crippen molar-refractivity contribution >= 4 is 27.8 Å². The number of carbonyl (C=O) groups excluding carboxylic acids is 2. The maximum atomic E-state index is 12.0. The first kappa shape index (κ1) is 15.1. The van der Waals surface area contributed by atoms with Crippen LogP contribution in [0.2, 0.25) is 0 Å². The standard InChI is InChI=1S/C12H12N2O6S/c1-6(12(17)18)13-21(19,20)7-3-4-8-9(5-7)11(16)14(2)10(8)15/h3-6,13H,1-2H3,(H,17,18). The van der Waals surface area contributed by atoms with E-state index in [9.17, 15) is 22.8 Å². The fourth-order valence-electron chi connectivity index (χ4n) is 1.86. The first-order valence-corrected chi connectivity index (χ1v) is 7.35. The highest BCUT2D eigenvalue weighted by Gasteiger charge is 2.34. The lowest BCUT2D eigenvalue weighted by Gasteiger charge is -2.10. The molecule has 1 aromatic rings. The highest BCUT2D eigenvalue weighted by atomic mass is 32.2. The van der Waals surface area contributed by atoms with Gasteiger partial charge in [-0.1, -0.05) is 0 Å². The van der Waals surface area contributed by atoms with Crippen LogP contribution in [0.4, 0.5) is 0 Å². The minimum absolute atomic E-state index is 0.0200. The van der Waals surface area contributed by atoms with Crippen molar-refractivity contribution in [3.8, 4) is 0 Å². The van der Waals surface area contributed by atoms with Gasteiger partial charge in [-0.3, -0.25) is 19.3 Å². The number of nitrogens with one attached hydrogen (secondary N) is 1. The van der Waals surface area contributed by atoms with E-state index in [-0.39, 0.29) is 16.0 Å². The Kier molecular flexibility index (Phi) is 3.56. The van der Waals surface area contributed by atoms with Gasteiger partial charge in [0.15, 0.2) is 0 Å². The van der Waals surface area contributed by atoms with Gasteiger partial charge in [0.05, 0.1) is 16.0 Å². The number of sulfonamides is 1. The third-order valence-corrected chi connectivity index (χ3v) is 4.61. The normalized spacial score (nSPS) is 16.0. The molecule has 0 aromatic heterocycles. The summed E-state index contributed by atoms with van der Waals surface area (Å²) in [5.74, 6) is -2.44. The van der Waals surface area contributed by atoms with E-state index >= 15 is 0 Å². The lowest BCUT2D eigenvalue weighted by molar-refractivity contribution is -0.138. The van der Waals surface area contributed by atoms with Crippen molar-refractivity contribution in [2.24, 2.45) is 0 Å². The molecule has 1 aliphatic rings. The fourth-order valence-corrected chi connectivity index (χ4v) is 3.08. The Labute approximate surface area is 120 Å². The summed E-state index contributed by atoms with van der Waals surface area (Å²) < 4.78 is 26.0. The zero-order valence-electron chi connectivity index (χ0n) is 11.2. The molecule has 1 aliphatic heterocycles. The molecule has 2 rings (SSSR count). The zero-order valence-corrected chi connectivity index (χ0v) is 12.0. The average Bonchev–Trinajstić information content (AvgIpc) is 2.63.